The number of fused-ring (bicyclic) bond motifs is 1. The molecule has 1 aromatic heterocycles. The second-order valence-electron chi connectivity index (χ2n) is 5.65. The van der Waals surface area contributed by atoms with Gasteiger partial charge in [0, 0.05) is 23.7 Å². The van der Waals surface area contributed by atoms with E-state index in [1.165, 1.54) is 11.5 Å². The van der Waals surface area contributed by atoms with Crippen LogP contribution in [-0.4, -0.2) is 16.2 Å². The zero-order chi connectivity index (χ0) is 17.6. The minimum absolute atomic E-state index is 0.0184. The molecule has 2 aromatic carbocycles. The number of anilines is 1. The van der Waals surface area contributed by atoms with E-state index in [9.17, 15) is 4.79 Å². The van der Waals surface area contributed by atoms with Gasteiger partial charge < -0.3 is 16.8 Å². The lowest BCUT2D eigenvalue weighted by Gasteiger charge is -2.13. The molecule has 1 unspecified atom stereocenters. The Balaban J connectivity index is 1.63. The number of hydrogen-bond donors (Lipinski definition) is 3. The van der Waals surface area contributed by atoms with Crippen molar-refractivity contribution in [2.75, 3.05) is 5.32 Å². The smallest absolute Gasteiger partial charge is 0.224 e. The van der Waals surface area contributed by atoms with Crippen LogP contribution in [0.1, 0.15) is 24.4 Å². The van der Waals surface area contributed by atoms with Crippen LogP contribution in [0.25, 0.3) is 10.1 Å². The molecule has 7 heteroatoms. The molecule has 128 valence electrons. The third-order valence-corrected chi connectivity index (χ3v) is 4.54. The summed E-state index contributed by atoms with van der Waals surface area (Å²) in [5.41, 5.74) is 12.8. The molecule has 5 N–H and O–H groups in total. The van der Waals surface area contributed by atoms with Crippen molar-refractivity contribution in [2.45, 2.75) is 18.9 Å². The Bertz CT molecular complexity index is 887. The normalized spacial score (nSPS) is 11.8. The highest BCUT2D eigenvalue weighted by Crippen LogP contribution is 2.24. The molecule has 0 aliphatic rings. The molecule has 0 spiro atoms. The van der Waals surface area contributed by atoms with Gasteiger partial charge in [-0.3, -0.25) is 4.79 Å². The second kappa shape index (κ2) is 7.76. The van der Waals surface area contributed by atoms with Gasteiger partial charge in [-0.1, -0.05) is 30.3 Å². The van der Waals surface area contributed by atoms with Gasteiger partial charge in [-0.15, -0.1) is 0 Å². The van der Waals surface area contributed by atoms with Crippen LogP contribution < -0.4 is 16.8 Å². The molecule has 0 bridgehead atoms. The van der Waals surface area contributed by atoms with Gasteiger partial charge in [0.25, 0.3) is 0 Å². The third-order valence-electron chi connectivity index (χ3n) is 3.77. The number of nitrogens with zero attached hydrogens (tertiary/aromatic N) is 2. The minimum Gasteiger partial charge on any atom is -0.370 e. The van der Waals surface area contributed by atoms with Crippen molar-refractivity contribution in [3.8, 4) is 0 Å². The van der Waals surface area contributed by atoms with E-state index < -0.39 is 0 Å². The van der Waals surface area contributed by atoms with Crippen molar-refractivity contribution in [3.63, 3.8) is 0 Å². The quantitative estimate of drug-likeness (QED) is 0.468. The molecule has 0 saturated heterocycles. The first kappa shape index (κ1) is 16.9. The summed E-state index contributed by atoms with van der Waals surface area (Å²) in [5, 5.41) is 3.98. The number of aliphatic imine (C=N–C) groups is 1. The Kier molecular flexibility index (Phi) is 5.25. The molecular formula is C18H19N5OS. The van der Waals surface area contributed by atoms with Crippen molar-refractivity contribution >= 4 is 39.2 Å². The van der Waals surface area contributed by atoms with Crippen molar-refractivity contribution in [1.82, 2.24) is 4.37 Å². The molecule has 1 amide bonds. The van der Waals surface area contributed by atoms with E-state index in [-0.39, 0.29) is 17.9 Å². The van der Waals surface area contributed by atoms with Gasteiger partial charge in [0.2, 0.25) is 5.91 Å². The summed E-state index contributed by atoms with van der Waals surface area (Å²) >= 11 is 1.40. The average molecular weight is 353 g/mol. The molecule has 1 heterocycles. The number of guanidine groups is 1. The second-order valence-corrected chi connectivity index (χ2v) is 6.48. The highest BCUT2D eigenvalue weighted by Gasteiger charge is 2.13. The summed E-state index contributed by atoms with van der Waals surface area (Å²) in [7, 11) is 0. The van der Waals surface area contributed by atoms with Crippen molar-refractivity contribution in [3.05, 3.63) is 60.3 Å². The maximum Gasteiger partial charge on any atom is 0.224 e. The van der Waals surface area contributed by atoms with E-state index in [1.807, 2.05) is 54.7 Å². The van der Waals surface area contributed by atoms with Gasteiger partial charge in [0.1, 0.15) is 0 Å². The van der Waals surface area contributed by atoms with Gasteiger partial charge in [-0.25, -0.2) is 4.99 Å². The molecule has 0 aliphatic heterocycles. The lowest BCUT2D eigenvalue weighted by Crippen LogP contribution is -2.24. The Morgan fingerprint density at radius 3 is 2.76 bits per heavy atom. The fourth-order valence-electron chi connectivity index (χ4n) is 2.59. The maximum atomic E-state index is 12.3. The Hall–Kier alpha value is -2.93. The van der Waals surface area contributed by atoms with Crippen molar-refractivity contribution in [1.29, 1.82) is 0 Å². The average Bonchev–Trinajstić information content (AvgIpc) is 3.07. The number of rotatable bonds is 6. The first-order valence-electron chi connectivity index (χ1n) is 7.90. The molecule has 3 rings (SSSR count). The van der Waals surface area contributed by atoms with Gasteiger partial charge in [-0.2, -0.15) is 4.37 Å². The number of carbonyl (C=O) groups excluding carboxylic acids is 1. The topological polar surface area (TPSA) is 106 Å². The minimum atomic E-state index is -0.235. The lowest BCUT2D eigenvalue weighted by molar-refractivity contribution is -0.116. The van der Waals surface area contributed by atoms with Crippen LogP contribution in [0, 0.1) is 0 Å². The van der Waals surface area contributed by atoms with Crippen molar-refractivity contribution in [2.24, 2.45) is 16.5 Å². The predicted molar refractivity (Wildman–Crippen MR) is 102 cm³/mol. The fourth-order valence-corrected chi connectivity index (χ4v) is 3.28. The largest absolute Gasteiger partial charge is 0.370 e. The monoisotopic (exact) mass is 353 g/mol. The highest BCUT2D eigenvalue weighted by atomic mass is 32.1. The van der Waals surface area contributed by atoms with Crippen LogP contribution in [0.15, 0.2) is 59.7 Å². The van der Waals surface area contributed by atoms with E-state index in [0.717, 1.165) is 21.3 Å². The summed E-state index contributed by atoms with van der Waals surface area (Å²) in [4.78, 5) is 16.5. The number of hydrogen-bond acceptors (Lipinski definition) is 4. The zero-order valence-corrected chi connectivity index (χ0v) is 14.4. The predicted octanol–water partition coefficient (Wildman–Crippen LogP) is 3.03. The molecule has 1 atom stereocenters. The van der Waals surface area contributed by atoms with Crippen LogP contribution in [0.3, 0.4) is 0 Å². The van der Waals surface area contributed by atoms with E-state index in [2.05, 4.69) is 14.7 Å². The molecular weight excluding hydrogens is 334 g/mol. The van der Waals surface area contributed by atoms with Gasteiger partial charge >= 0.3 is 0 Å². The fraction of sp³-hybridized carbons (Fsp3) is 0.167. The zero-order valence-electron chi connectivity index (χ0n) is 13.6. The van der Waals surface area contributed by atoms with Crippen LogP contribution in [0.4, 0.5) is 5.69 Å². The maximum absolute atomic E-state index is 12.3. The van der Waals surface area contributed by atoms with Crippen LogP contribution in [0.2, 0.25) is 0 Å². The van der Waals surface area contributed by atoms with Crippen molar-refractivity contribution < 1.29 is 4.79 Å². The first-order valence-corrected chi connectivity index (χ1v) is 8.67. The molecule has 3 aromatic rings. The highest BCUT2D eigenvalue weighted by molar-refractivity contribution is 7.13. The van der Waals surface area contributed by atoms with Crippen LogP contribution in [-0.2, 0) is 4.79 Å². The van der Waals surface area contributed by atoms with Gasteiger partial charge in [0.05, 0.1) is 10.7 Å². The van der Waals surface area contributed by atoms with Gasteiger partial charge in [0.15, 0.2) is 5.96 Å². The summed E-state index contributed by atoms with van der Waals surface area (Å²) < 4.78 is 5.17. The number of benzene rings is 2. The SMILES string of the molecule is NC(N)=NC(CCC(=O)Nc1ccc2cnsc2c1)c1ccccc1. The lowest BCUT2D eigenvalue weighted by atomic mass is 10.0. The summed E-state index contributed by atoms with van der Waals surface area (Å²) in [5.74, 6) is -0.0551. The summed E-state index contributed by atoms with van der Waals surface area (Å²) in [6, 6.07) is 15.2. The Morgan fingerprint density at radius 2 is 2.00 bits per heavy atom. The van der Waals surface area contributed by atoms with E-state index in [4.69, 9.17) is 11.5 Å². The van der Waals surface area contributed by atoms with E-state index >= 15 is 0 Å². The van der Waals surface area contributed by atoms with Gasteiger partial charge in [-0.05, 0) is 41.7 Å². The Labute approximate surface area is 149 Å². The van der Waals surface area contributed by atoms with Crippen LogP contribution in [0.5, 0.6) is 0 Å². The number of nitrogens with two attached hydrogens (primary N) is 2. The van der Waals surface area contributed by atoms with Crippen LogP contribution >= 0.6 is 11.5 Å². The molecule has 0 saturated carbocycles. The summed E-state index contributed by atoms with van der Waals surface area (Å²) in [6.07, 6.45) is 2.65. The van der Waals surface area contributed by atoms with E-state index in [0.29, 0.717) is 12.8 Å². The molecule has 6 nitrogen and oxygen atoms in total. The third kappa shape index (κ3) is 4.54. The van der Waals surface area contributed by atoms with E-state index in [1.54, 1.807) is 0 Å². The number of aromatic nitrogens is 1. The number of carbonyl (C=O) groups is 1. The first-order chi connectivity index (χ1) is 12.1. The summed E-state index contributed by atoms with van der Waals surface area (Å²) in [6.45, 7) is 0. The molecule has 0 radical (unpaired) electrons. The molecule has 25 heavy (non-hydrogen) atoms. The molecule has 0 aliphatic carbocycles. The standard InChI is InChI=1S/C18H19N5OS/c19-18(20)23-15(12-4-2-1-3-5-12)8-9-17(24)22-14-7-6-13-11-21-25-16(13)10-14/h1-7,10-11,15H,8-9H2,(H,22,24)(H4,19,20,23). The molecule has 0 fully saturated rings. The Morgan fingerprint density at radius 1 is 1.20 bits per heavy atom. The number of amides is 1. The number of nitrogens with one attached hydrogen (secondary N) is 1.